The number of rotatable bonds is 5. The summed E-state index contributed by atoms with van der Waals surface area (Å²) in [7, 11) is 1.41. The SMILES string of the molecule is CNC(=O)NC(=O)[C@@H](C)NC(=O)CCC(C)C. The zero-order valence-corrected chi connectivity index (χ0v) is 10.8. The second-order valence-corrected chi connectivity index (χ2v) is 4.29. The summed E-state index contributed by atoms with van der Waals surface area (Å²) in [6, 6.07) is -1.30. The molecule has 0 aliphatic carbocycles. The van der Waals surface area contributed by atoms with E-state index in [-0.39, 0.29) is 5.91 Å². The van der Waals surface area contributed by atoms with Crippen molar-refractivity contribution in [3.05, 3.63) is 0 Å². The number of imide groups is 1. The van der Waals surface area contributed by atoms with Crippen LogP contribution in [0.25, 0.3) is 0 Å². The fraction of sp³-hybridized carbons (Fsp3) is 0.727. The fourth-order valence-corrected chi connectivity index (χ4v) is 1.08. The van der Waals surface area contributed by atoms with Crippen molar-refractivity contribution in [2.75, 3.05) is 7.05 Å². The van der Waals surface area contributed by atoms with Gasteiger partial charge in [0.05, 0.1) is 0 Å². The molecule has 4 amide bonds. The van der Waals surface area contributed by atoms with Gasteiger partial charge in [-0.25, -0.2) is 4.79 Å². The highest BCUT2D eigenvalue weighted by molar-refractivity contribution is 5.98. The minimum atomic E-state index is -0.716. The van der Waals surface area contributed by atoms with Crippen molar-refractivity contribution in [3.8, 4) is 0 Å². The molecule has 0 aromatic heterocycles. The Kier molecular flexibility index (Phi) is 6.93. The first-order valence-electron chi connectivity index (χ1n) is 5.68. The Labute approximate surface area is 102 Å². The van der Waals surface area contributed by atoms with Gasteiger partial charge in [0, 0.05) is 13.5 Å². The number of carbonyl (C=O) groups excluding carboxylic acids is 3. The van der Waals surface area contributed by atoms with Crippen molar-refractivity contribution in [1.82, 2.24) is 16.0 Å². The summed E-state index contributed by atoms with van der Waals surface area (Å²) in [5.74, 6) is -0.267. The lowest BCUT2D eigenvalue weighted by atomic mass is 10.1. The van der Waals surface area contributed by atoms with Crippen molar-refractivity contribution in [1.29, 1.82) is 0 Å². The summed E-state index contributed by atoms with van der Waals surface area (Å²) in [4.78, 5) is 33.7. The molecule has 0 rings (SSSR count). The topological polar surface area (TPSA) is 87.3 Å². The van der Waals surface area contributed by atoms with Crippen LogP contribution in [0.1, 0.15) is 33.6 Å². The van der Waals surface area contributed by atoms with Gasteiger partial charge < -0.3 is 10.6 Å². The normalized spacial score (nSPS) is 11.8. The van der Waals surface area contributed by atoms with Gasteiger partial charge in [0.25, 0.3) is 0 Å². The van der Waals surface area contributed by atoms with Gasteiger partial charge in [-0.15, -0.1) is 0 Å². The van der Waals surface area contributed by atoms with Crippen LogP contribution < -0.4 is 16.0 Å². The van der Waals surface area contributed by atoms with Crippen molar-refractivity contribution in [3.63, 3.8) is 0 Å². The molecule has 0 saturated carbocycles. The fourth-order valence-electron chi connectivity index (χ4n) is 1.08. The van der Waals surface area contributed by atoms with Gasteiger partial charge in [0.15, 0.2) is 0 Å². The van der Waals surface area contributed by atoms with E-state index in [1.165, 1.54) is 14.0 Å². The summed E-state index contributed by atoms with van der Waals surface area (Å²) in [6.45, 7) is 5.58. The third kappa shape index (κ3) is 7.32. The number of hydrogen-bond acceptors (Lipinski definition) is 3. The quantitative estimate of drug-likeness (QED) is 0.652. The van der Waals surface area contributed by atoms with E-state index in [4.69, 9.17) is 0 Å². The number of nitrogens with one attached hydrogen (secondary N) is 3. The van der Waals surface area contributed by atoms with Crippen molar-refractivity contribution >= 4 is 17.8 Å². The molecule has 0 heterocycles. The molecule has 1 atom stereocenters. The Morgan fingerprint density at radius 2 is 1.71 bits per heavy atom. The van der Waals surface area contributed by atoms with Crippen LogP contribution in [0.2, 0.25) is 0 Å². The minimum Gasteiger partial charge on any atom is -0.345 e. The van der Waals surface area contributed by atoms with Crippen LogP contribution in [0.5, 0.6) is 0 Å². The third-order valence-corrected chi connectivity index (χ3v) is 2.18. The van der Waals surface area contributed by atoms with Gasteiger partial charge in [-0.05, 0) is 19.3 Å². The van der Waals surface area contributed by atoms with Crippen molar-refractivity contribution < 1.29 is 14.4 Å². The molecule has 0 bridgehead atoms. The second kappa shape index (κ2) is 7.65. The third-order valence-electron chi connectivity index (χ3n) is 2.18. The predicted octanol–water partition coefficient (Wildman–Crippen LogP) is 0.383. The summed E-state index contributed by atoms with van der Waals surface area (Å²) < 4.78 is 0. The van der Waals surface area contributed by atoms with Gasteiger partial charge in [-0.2, -0.15) is 0 Å². The molecular formula is C11H21N3O3. The van der Waals surface area contributed by atoms with E-state index in [1.54, 1.807) is 0 Å². The molecule has 0 aliphatic rings. The molecule has 0 spiro atoms. The Morgan fingerprint density at radius 1 is 1.12 bits per heavy atom. The largest absolute Gasteiger partial charge is 0.345 e. The number of urea groups is 1. The molecule has 0 aliphatic heterocycles. The molecule has 3 N–H and O–H groups in total. The average Bonchev–Trinajstić information content (AvgIpc) is 2.25. The molecule has 0 radical (unpaired) electrons. The van der Waals surface area contributed by atoms with E-state index in [0.717, 1.165) is 6.42 Å². The molecule has 17 heavy (non-hydrogen) atoms. The smallest absolute Gasteiger partial charge is 0.321 e. The van der Waals surface area contributed by atoms with Crippen molar-refractivity contribution in [2.45, 2.75) is 39.7 Å². The highest BCUT2D eigenvalue weighted by Crippen LogP contribution is 2.03. The molecule has 98 valence electrons. The van der Waals surface area contributed by atoms with Crippen LogP contribution >= 0.6 is 0 Å². The van der Waals surface area contributed by atoms with Gasteiger partial charge in [-0.1, -0.05) is 13.8 Å². The summed E-state index contributed by atoms with van der Waals surface area (Å²) in [6.07, 6.45) is 1.16. The second-order valence-electron chi connectivity index (χ2n) is 4.29. The summed E-state index contributed by atoms with van der Waals surface area (Å²) in [5.41, 5.74) is 0. The van der Waals surface area contributed by atoms with Crippen LogP contribution in [-0.4, -0.2) is 30.9 Å². The molecule has 0 saturated heterocycles. The van der Waals surface area contributed by atoms with E-state index in [9.17, 15) is 14.4 Å². The Morgan fingerprint density at radius 3 is 2.18 bits per heavy atom. The standard InChI is InChI=1S/C11H21N3O3/c1-7(2)5-6-9(15)13-8(3)10(16)14-11(17)12-4/h7-8H,5-6H2,1-4H3,(H,13,15)(H2,12,14,16,17)/t8-/m1/s1. The van der Waals surface area contributed by atoms with Gasteiger partial charge >= 0.3 is 6.03 Å². The van der Waals surface area contributed by atoms with Gasteiger partial charge in [-0.3, -0.25) is 14.9 Å². The van der Waals surface area contributed by atoms with Crippen molar-refractivity contribution in [2.24, 2.45) is 5.92 Å². The van der Waals surface area contributed by atoms with Crippen LogP contribution in [0.15, 0.2) is 0 Å². The Bertz CT molecular complexity index is 290. The highest BCUT2D eigenvalue weighted by Gasteiger charge is 2.17. The zero-order valence-electron chi connectivity index (χ0n) is 10.8. The first-order chi connectivity index (χ1) is 7.86. The zero-order chi connectivity index (χ0) is 13.4. The lowest BCUT2D eigenvalue weighted by Gasteiger charge is -2.13. The predicted molar refractivity (Wildman–Crippen MR) is 64.3 cm³/mol. The molecule has 0 aromatic carbocycles. The van der Waals surface area contributed by atoms with Gasteiger partial charge in [0.2, 0.25) is 11.8 Å². The van der Waals surface area contributed by atoms with E-state index in [1.807, 2.05) is 13.8 Å². The maximum Gasteiger partial charge on any atom is 0.321 e. The summed E-state index contributed by atoms with van der Waals surface area (Å²) >= 11 is 0. The first kappa shape index (κ1) is 15.4. The molecule has 0 aromatic rings. The van der Waals surface area contributed by atoms with Crippen LogP contribution in [0, 0.1) is 5.92 Å². The van der Waals surface area contributed by atoms with E-state index in [2.05, 4.69) is 16.0 Å². The van der Waals surface area contributed by atoms with E-state index in [0.29, 0.717) is 12.3 Å². The molecule has 6 nitrogen and oxygen atoms in total. The average molecular weight is 243 g/mol. The van der Waals surface area contributed by atoms with Crippen LogP contribution in [0.4, 0.5) is 4.79 Å². The van der Waals surface area contributed by atoms with E-state index >= 15 is 0 Å². The molecule has 0 fully saturated rings. The summed E-state index contributed by atoms with van der Waals surface area (Å²) in [5, 5.41) is 6.89. The number of hydrogen-bond donors (Lipinski definition) is 3. The number of carbonyl (C=O) groups is 3. The molecule has 0 unspecified atom stereocenters. The first-order valence-corrected chi connectivity index (χ1v) is 5.68. The van der Waals surface area contributed by atoms with E-state index < -0.39 is 18.0 Å². The Balaban J connectivity index is 3.98. The van der Waals surface area contributed by atoms with Gasteiger partial charge in [0.1, 0.15) is 6.04 Å². The monoisotopic (exact) mass is 243 g/mol. The Hall–Kier alpha value is -1.59. The lowest BCUT2D eigenvalue weighted by Crippen LogP contribution is -2.48. The highest BCUT2D eigenvalue weighted by atomic mass is 16.2. The van der Waals surface area contributed by atoms with Crippen LogP contribution in [0.3, 0.4) is 0 Å². The molecular weight excluding hydrogens is 222 g/mol. The van der Waals surface area contributed by atoms with Crippen LogP contribution in [-0.2, 0) is 9.59 Å². The lowest BCUT2D eigenvalue weighted by molar-refractivity contribution is -0.128. The maximum absolute atomic E-state index is 11.4. The number of amides is 4. The molecule has 6 heteroatoms. The maximum atomic E-state index is 11.4. The minimum absolute atomic E-state index is 0.182.